The molecule has 0 N–H and O–H groups in total. The number of benzene rings is 2. The first-order valence-corrected chi connectivity index (χ1v) is 11.4. The average Bonchev–Trinajstić information content (AvgIpc) is 3.34. The van der Waals surface area contributed by atoms with E-state index in [-0.39, 0.29) is 37.1 Å². The van der Waals surface area contributed by atoms with Crippen LogP contribution in [0.5, 0.6) is 0 Å². The number of likely N-dealkylation sites (tertiary alicyclic amines) is 1. The minimum atomic E-state index is -0.246. The van der Waals surface area contributed by atoms with Crippen molar-refractivity contribution in [2.75, 3.05) is 32.7 Å². The number of aromatic nitrogens is 2. The maximum Gasteiger partial charge on any atom is 0.242 e. The minimum Gasteiger partial charge on any atom is -0.339 e. The van der Waals surface area contributed by atoms with Crippen molar-refractivity contribution in [1.82, 2.24) is 24.3 Å². The van der Waals surface area contributed by atoms with E-state index in [0.717, 1.165) is 41.4 Å². The van der Waals surface area contributed by atoms with Crippen LogP contribution in [-0.2, 0) is 27.5 Å². The molecule has 0 unspecified atom stereocenters. The van der Waals surface area contributed by atoms with Gasteiger partial charge in [-0.15, -0.1) is 0 Å². The van der Waals surface area contributed by atoms with Crippen molar-refractivity contribution < 1.29 is 14.4 Å². The third-order valence-electron chi connectivity index (χ3n) is 6.46. The van der Waals surface area contributed by atoms with E-state index in [1.807, 2.05) is 36.4 Å². The van der Waals surface area contributed by atoms with Crippen LogP contribution in [0.4, 0.5) is 0 Å². The van der Waals surface area contributed by atoms with Gasteiger partial charge in [0.1, 0.15) is 12.4 Å². The second kappa shape index (κ2) is 9.15. The summed E-state index contributed by atoms with van der Waals surface area (Å²) in [5.74, 6) is 0.358. The number of rotatable bonds is 6. The number of carbonyl (C=O) groups excluding carboxylic acids is 3. The largest absolute Gasteiger partial charge is 0.339 e. The SMILES string of the molecule is O=C(CN1C(=O)CCC1=O)N1CCN(Cc2nc3ccccc3n2Cc2ccccc2)CC1. The van der Waals surface area contributed by atoms with E-state index >= 15 is 0 Å². The van der Waals surface area contributed by atoms with E-state index in [4.69, 9.17) is 4.98 Å². The molecule has 0 atom stereocenters. The van der Waals surface area contributed by atoms with Crippen LogP contribution in [0.15, 0.2) is 54.6 Å². The maximum absolute atomic E-state index is 12.6. The first kappa shape index (κ1) is 21.3. The smallest absolute Gasteiger partial charge is 0.242 e. The molecule has 2 fully saturated rings. The van der Waals surface area contributed by atoms with Crippen molar-refractivity contribution in [3.63, 3.8) is 0 Å². The van der Waals surface area contributed by atoms with Crippen molar-refractivity contribution in [2.45, 2.75) is 25.9 Å². The molecular formula is C25H27N5O3. The van der Waals surface area contributed by atoms with Crippen molar-refractivity contribution in [3.05, 3.63) is 66.0 Å². The molecule has 2 aromatic carbocycles. The van der Waals surface area contributed by atoms with Crippen molar-refractivity contribution >= 4 is 28.8 Å². The van der Waals surface area contributed by atoms with Gasteiger partial charge < -0.3 is 9.47 Å². The number of nitrogens with zero attached hydrogens (tertiary/aromatic N) is 5. The Hall–Kier alpha value is -3.52. The molecule has 1 aromatic heterocycles. The minimum absolute atomic E-state index is 0.134. The van der Waals surface area contributed by atoms with Gasteiger partial charge in [0.15, 0.2) is 0 Å². The lowest BCUT2D eigenvalue weighted by atomic mass is 10.2. The van der Waals surface area contributed by atoms with E-state index in [1.54, 1.807) is 4.90 Å². The molecule has 5 rings (SSSR count). The molecular weight excluding hydrogens is 418 g/mol. The number of fused-ring (bicyclic) bond motifs is 1. The van der Waals surface area contributed by atoms with Crippen LogP contribution in [0, 0.1) is 0 Å². The van der Waals surface area contributed by atoms with Gasteiger partial charge in [-0.05, 0) is 17.7 Å². The van der Waals surface area contributed by atoms with Crippen molar-refractivity contribution in [3.8, 4) is 0 Å². The number of hydrogen-bond acceptors (Lipinski definition) is 5. The summed E-state index contributed by atoms with van der Waals surface area (Å²) in [7, 11) is 0. The van der Waals surface area contributed by atoms with Crippen LogP contribution in [0.2, 0.25) is 0 Å². The molecule has 3 amide bonds. The summed E-state index contributed by atoms with van der Waals surface area (Å²) in [4.78, 5) is 46.3. The molecule has 0 aliphatic carbocycles. The fourth-order valence-corrected chi connectivity index (χ4v) is 4.58. The molecule has 3 heterocycles. The van der Waals surface area contributed by atoms with Gasteiger partial charge in [0, 0.05) is 45.6 Å². The molecule has 8 nitrogen and oxygen atoms in total. The molecule has 2 saturated heterocycles. The van der Waals surface area contributed by atoms with E-state index in [2.05, 4.69) is 27.7 Å². The van der Waals surface area contributed by atoms with Crippen molar-refractivity contribution in [2.24, 2.45) is 0 Å². The van der Waals surface area contributed by atoms with Gasteiger partial charge in [-0.25, -0.2) is 4.98 Å². The third-order valence-corrected chi connectivity index (χ3v) is 6.46. The molecule has 0 radical (unpaired) electrons. The molecule has 0 bridgehead atoms. The Bertz CT molecular complexity index is 1170. The number of piperazine rings is 1. The zero-order valence-corrected chi connectivity index (χ0v) is 18.5. The molecule has 170 valence electrons. The monoisotopic (exact) mass is 445 g/mol. The van der Waals surface area contributed by atoms with Crippen LogP contribution in [0.25, 0.3) is 11.0 Å². The maximum atomic E-state index is 12.6. The Labute approximate surface area is 192 Å². The zero-order valence-electron chi connectivity index (χ0n) is 18.5. The summed E-state index contributed by atoms with van der Waals surface area (Å²) in [6.45, 7) is 3.93. The molecule has 0 saturated carbocycles. The van der Waals surface area contributed by atoms with Gasteiger partial charge in [0.2, 0.25) is 17.7 Å². The molecule has 3 aromatic rings. The average molecular weight is 446 g/mol. The Balaban J connectivity index is 1.25. The Kier molecular flexibility index (Phi) is 5.92. The highest BCUT2D eigenvalue weighted by Crippen LogP contribution is 2.20. The second-order valence-electron chi connectivity index (χ2n) is 8.62. The molecule has 33 heavy (non-hydrogen) atoms. The molecule has 2 aliphatic heterocycles. The van der Waals surface area contributed by atoms with Crippen LogP contribution in [-0.4, -0.2) is 74.7 Å². The third kappa shape index (κ3) is 4.52. The molecule has 0 spiro atoms. The van der Waals surface area contributed by atoms with Crippen LogP contribution < -0.4 is 0 Å². The Morgan fingerprint density at radius 2 is 1.48 bits per heavy atom. The highest BCUT2D eigenvalue weighted by Gasteiger charge is 2.32. The van der Waals surface area contributed by atoms with E-state index in [0.29, 0.717) is 19.6 Å². The summed E-state index contributed by atoms with van der Waals surface area (Å²) >= 11 is 0. The summed E-state index contributed by atoms with van der Waals surface area (Å²) in [5.41, 5.74) is 3.32. The number of hydrogen-bond donors (Lipinski definition) is 0. The summed E-state index contributed by atoms with van der Waals surface area (Å²) in [5, 5.41) is 0. The van der Waals surface area contributed by atoms with Crippen molar-refractivity contribution in [1.29, 1.82) is 0 Å². The first-order chi connectivity index (χ1) is 16.1. The van der Waals surface area contributed by atoms with Gasteiger partial charge in [-0.1, -0.05) is 42.5 Å². The van der Waals surface area contributed by atoms with Gasteiger partial charge in [0.05, 0.1) is 17.6 Å². The van der Waals surface area contributed by atoms with E-state index in [1.165, 1.54) is 5.56 Å². The van der Waals surface area contributed by atoms with Crippen LogP contribution >= 0.6 is 0 Å². The summed E-state index contributed by atoms with van der Waals surface area (Å²) < 4.78 is 2.27. The number of imide groups is 1. The van der Waals surface area contributed by atoms with Gasteiger partial charge >= 0.3 is 0 Å². The summed E-state index contributed by atoms with van der Waals surface area (Å²) in [6, 6.07) is 18.6. The Morgan fingerprint density at radius 3 is 2.21 bits per heavy atom. The topological polar surface area (TPSA) is 78.8 Å². The quantitative estimate of drug-likeness (QED) is 0.542. The predicted octanol–water partition coefficient (Wildman–Crippen LogP) is 1.88. The fraction of sp³-hybridized carbons (Fsp3) is 0.360. The van der Waals surface area contributed by atoms with E-state index < -0.39 is 0 Å². The highest BCUT2D eigenvalue weighted by molar-refractivity contribution is 6.04. The standard InChI is InChI=1S/C25H27N5O3/c31-23-10-11-24(32)30(23)18-25(33)28-14-12-27(13-15-28)17-22-26-20-8-4-5-9-21(20)29(22)16-19-6-2-1-3-7-19/h1-9H,10-18H2. The lowest BCUT2D eigenvalue weighted by molar-refractivity contribution is -0.146. The number of para-hydroxylation sites is 2. The van der Waals surface area contributed by atoms with E-state index in [9.17, 15) is 14.4 Å². The molecule has 8 heteroatoms. The Morgan fingerprint density at radius 1 is 0.818 bits per heavy atom. The fourth-order valence-electron chi connectivity index (χ4n) is 4.58. The lowest BCUT2D eigenvalue weighted by Gasteiger charge is -2.35. The van der Waals surface area contributed by atoms with Gasteiger partial charge in [-0.2, -0.15) is 0 Å². The highest BCUT2D eigenvalue weighted by atomic mass is 16.2. The first-order valence-electron chi connectivity index (χ1n) is 11.4. The van der Waals surface area contributed by atoms with Gasteiger partial charge in [-0.3, -0.25) is 24.2 Å². The number of amides is 3. The second-order valence-corrected chi connectivity index (χ2v) is 8.62. The molecule has 2 aliphatic rings. The van der Waals surface area contributed by atoms with Crippen LogP contribution in [0.3, 0.4) is 0 Å². The normalized spacial score (nSPS) is 17.3. The van der Waals surface area contributed by atoms with Gasteiger partial charge in [0.25, 0.3) is 0 Å². The number of imidazole rings is 1. The number of carbonyl (C=O) groups is 3. The zero-order chi connectivity index (χ0) is 22.8. The lowest BCUT2D eigenvalue weighted by Crippen LogP contribution is -2.51. The summed E-state index contributed by atoms with van der Waals surface area (Å²) in [6.07, 6.45) is 0.424. The van der Waals surface area contributed by atoms with Crippen LogP contribution in [0.1, 0.15) is 24.2 Å². The predicted molar refractivity (Wildman–Crippen MR) is 123 cm³/mol.